The van der Waals surface area contributed by atoms with Crippen molar-refractivity contribution in [3.05, 3.63) is 97.7 Å². The number of nitrogens with zero attached hydrogens (tertiary/aromatic N) is 3. The molecule has 33 heavy (non-hydrogen) atoms. The zero-order valence-electron chi connectivity index (χ0n) is 16.7. The van der Waals surface area contributed by atoms with Gasteiger partial charge in [-0.15, -0.1) is 0 Å². The molecule has 0 aliphatic rings. The van der Waals surface area contributed by atoms with Gasteiger partial charge in [-0.2, -0.15) is 14.6 Å². The van der Waals surface area contributed by atoms with Gasteiger partial charge in [0.15, 0.2) is 5.69 Å². The number of aromatic nitrogens is 3. The third-order valence-corrected chi connectivity index (χ3v) is 6.69. The number of nitrogens with two attached hydrogens (primary N) is 1. The second-order valence-electron chi connectivity index (χ2n) is 7.01. The smallest absolute Gasteiger partial charge is 0.300 e. The predicted octanol–water partition coefficient (Wildman–Crippen LogP) is 1.63. The van der Waals surface area contributed by atoms with Crippen LogP contribution in [0.1, 0.15) is 5.76 Å². The van der Waals surface area contributed by atoms with Gasteiger partial charge in [-0.25, -0.2) is 13.6 Å². The first-order valence-electron chi connectivity index (χ1n) is 9.54. The van der Waals surface area contributed by atoms with Crippen molar-refractivity contribution in [2.24, 2.45) is 5.14 Å². The highest BCUT2D eigenvalue weighted by molar-refractivity contribution is 7.89. The molecule has 0 fully saturated rings. The molecule has 0 bridgehead atoms. The van der Waals surface area contributed by atoms with Crippen molar-refractivity contribution in [1.29, 1.82) is 0 Å². The molecule has 2 aromatic carbocycles. The lowest BCUT2D eigenvalue weighted by Gasteiger charge is -2.00. The first-order valence-corrected chi connectivity index (χ1v) is 11.9. The molecule has 2 N–H and O–H groups in total. The maximum Gasteiger partial charge on any atom is 0.300 e. The molecule has 0 saturated heterocycles. The molecule has 0 saturated carbocycles. The quantitative estimate of drug-likeness (QED) is 0.414. The van der Waals surface area contributed by atoms with Gasteiger partial charge in [0.25, 0.3) is 5.56 Å². The predicted molar refractivity (Wildman–Crippen MR) is 123 cm³/mol. The number of benzene rings is 2. The molecule has 0 atom stereocenters. The van der Waals surface area contributed by atoms with Crippen LogP contribution in [0.3, 0.4) is 0 Å². The van der Waals surface area contributed by atoms with E-state index in [0.29, 0.717) is 27.2 Å². The normalized spacial score (nSPS) is 12.5. The summed E-state index contributed by atoms with van der Waals surface area (Å²) >= 11 is 1.03. The number of hydrogen-bond donors (Lipinski definition) is 1. The summed E-state index contributed by atoms with van der Waals surface area (Å²) in [5.74, 6) is 0.878. The average molecular weight is 479 g/mol. The van der Waals surface area contributed by atoms with Crippen molar-refractivity contribution in [2.45, 2.75) is 4.90 Å². The van der Waals surface area contributed by atoms with E-state index in [1.165, 1.54) is 18.2 Å². The summed E-state index contributed by atoms with van der Waals surface area (Å²) in [6.07, 6.45) is 1.54. The van der Waals surface area contributed by atoms with Crippen molar-refractivity contribution < 1.29 is 12.8 Å². The number of sulfonamides is 1. The molecule has 0 amide bonds. The zero-order chi connectivity index (χ0) is 23.2. The van der Waals surface area contributed by atoms with E-state index in [2.05, 4.69) is 10.1 Å². The highest BCUT2D eigenvalue weighted by Gasteiger charge is 2.13. The molecule has 0 aliphatic carbocycles. The Bertz CT molecular complexity index is 1770. The molecule has 3 aromatic heterocycles. The van der Waals surface area contributed by atoms with Gasteiger partial charge < -0.3 is 4.42 Å². The first kappa shape index (κ1) is 20.9. The topological polar surface area (TPSA) is 138 Å². The number of fused-ring (bicyclic) bond motifs is 1. The van der Waals surface area contributed by atoms with Crippen LogP contribution in [0.5, 0.6) is 0 Å². The molecule has 3 heterocycles. The van der Waals surface area contributed by atoms with Crippen LogP contribution in [0.15, 0.2) is 85.6 Å². The van der Waals surface area contributed by atoms with Crippen LogP contribution < -0.4 is 20.8 Å². The first-order chi connectivity index (χ1) is 15.8. The van der Waals surface area contributed by atoms with Gasteiger partial charge >= 0.3 is 5.56 Å². The molecule has 0 aliphatic heterocycles. The molecule has 0 unspecified atom stereocenters. The van der Waals surface area contributed by atoms with E-state index in [1.807, 2.05) is 6.07 Å². The van der Waals surface area contributed by atoms with Gasteiger partial charge in [-0.05, 0) is 36.4 Å². The van der Waals surface area contributed by atoms with E-state index < -0.39 is 21.1 Å². The molecule has 5 aromatic rings. The minimum atomic E-state index is -3.79. The number of furan rings is 1. The minimum Gasteiger partial charge on any atom is -0.457 e. The van der Waals surface area contributed by atoms with Crippen LogP contribution in [-0.4, -0.2) is 23.0 Å². The molecule has 0 spiro atoms. The Kier molecular flexibility index (Phi) is 5.01. The van der Waals surface area contributed by atoms with E-state index >= 15 is 0 Å². The van der Waals surface area contributed by atoms with E-state index in [0.717, 1.165) is 15.9 Å². The summed E-state index contributed by atoms with van der Waals surface area (Å²) in [6, 6.07) is 18.1. The molecule has 11 heteroatoms. The zero-order valence-corrected chi connectivity index (χ0v) is 18.3. The van der Waals surface area contributed by atoms with Crippen molar-refractivity contribution in [2.75, 3.05) is 0 Å². The fourth-order valence-corrected chi connectivity index (χ4v) is 4.61. The van der Waals surface area contributed by atoms with Crippen LogP contribution in [0, 0.1) is 0 Å². The largest absolute Gasteiger partial charge is 0.457 e. The maximum absolute atomic E-state index is 12.9. The fourth-order valence-electron chi connectivity index (χ4n) is 3.21. The number of thiazole rings is 1. The second-order valence-corrected chi connectivity index (χ2v) is 9.58. The van der Waals surface area contributed by atoms with Crippen molar-refractivity contribution in [1.82, 2.24) is 14.6 Å². The molecule has 0 radical (unpaired) electrons. The van der Waals surface area contributed by atoms with E-state index in [1.54, 1.807) is 48.5 Å². The Balaban J connectivity index is 1.54. The van der Waals surface area contributed by atoms with Crippen molar-refractivity contribution in [3.63, 3.8) is 0 Å². The van der Waals surface area contributed by atoms with Crippen LogP contribution >= 0.6 is 11.3 Å². The summed E-state index contributed by atoms with van der Waals surface area (Å²) in [4.78, 5) is 29.5. The second kappa shape index (κ2) is 7.89. The standard InChI is InChI=1S/C22H14N4O5S2/c23-33(29,30)16-9-6-13(7-10-16)17-11-8-15(31-17)12-18-21(28)26-22(32-18)24-20(27)19(25-26)14-4-2-1-3-5-14/h1-12H,(H2,23,29,30)/b18-12-. The number of primary sulfonamides is 1. The van der Waals surface area contributed by atoms with Gasteiger partial charge in [0.1, 0.15) is 16.1 Å². The summed E-state index contributed by atoms with van der Waals surface area (Å²) in [7, 11) is -3.79. The van der Waals surface area contributed by atoms with Gasteiger partial charge in [0.05, 0.1) is 4.90 Å². The van der Waals surface area contributed by atoms with Gasteiger partial charge in [-0.3, -0.25) is 9.59 Å². The summed E-state index contributed by atoms with van der Waals surface area (Å²) in [5, 5.41) is 9.33. The lowest BCUT2D eigenvalue weighted by molar-refractivity contribution is 0.571. The third-order valence-electron chi connectivity index (χ3n) is 4.80. The number of hydrogen-bond acceptors (Lipinski definition) is 8. The molecular weight excluding hydrogens is 464 g/mol. The maximum atomic E-state index is 12.9. The molecule has 164 valence electrons. The Morgan fingerprint density at radius 1 is 0.939 bits per heavy atom. The monoisotopic (exact) mass is 478 g/mol. The molecule has 5 rings (SSSR count). The van der Waals surface area contributed by atoms with E-state index in [4.69, 9.17) is 9.56 Å². The van der Waals surface area contributed by atoms with Crippen LogP contribution in [0.25, 0.3) is 33.6 Å². The Morgan fingerprint density at radius 3 is 2.36 bits per heavy atom. The lowest BCUT2D eigenvalue weighted by atomic mass is 10.2. The Hall–Kier alpha value is -3.93. The van der Waals surface area contributed by atoms with Crippen molar-refractivity contribution in [3.8, 4) is 22.6 Å². The van der Waals surface area contributed by atoms with Crippen LogP contribution in [0.4, 0.5) is 0 Å². The SMILES string of the molecule is NS(=O)(=O)c1ccc(-c2ccc(/C=c3\sc4nc(=O)c(-c5ccccc5)nn4c3=O)o2)cc1. The van der Waals surface area contributed by atoms with E-state index in [9.17, 15) is 18.0 Å². The van der Waals surface area contributed by atoms with Crippen LogP contribution in [-0.2, 0) is 10.0 Å². The van der Waals surface area contributed by atoms with E-state index in [-0.39, 0.29) is 15.6 Å². The minimum absolute atomic E-state index is 0.00416. The van der Waals surface area contributed by atoms with Gasteiger partial charge in [0, 0.05) is 17.2 Å². The lowest BCUT2D eigenvalue weighted by Crippen LogP contribution is -2.26. The van der Waals surface area contributed by atoms with Crippen LogP contribution in [0.2, 0.25) is 0 Å². The third kappa shape index (κ3) is 4.00. The summed E-state index contributed by atoms with van der Waals surface area (Å²) < 4.78 is 30.0. The number of rotatable bonds is 4. The summed E-state index contributed by atoms with van der Waals surface area (Å²) in [5.41, 5.74) is 0.372. The Labute approximate surface area is 190 Å². The fraction of sp³-hybridized carbons (Fsp3) is 0. The van der Waals surface area contributed by atoms with Gasteiger partial charge in [-0.1, -0.05) is 41.7 Å². The summed E-state index contributed by atoms with van der Waals surface area (Å²) in [6.45, 7) is 0. The molecule has 9 nitrogen and oxygen atoms in total. The average Bonchev–Trinajstić information content (AvgIpc) is 3.38. The Morgan fingerprint density at radius 2 is 1.67 bits per heavy atom. The highest BCUT2D eigenvalue weighted by atomic mass is 32.2. The van der Waals surface area contributed by atoms with Crippen molar-refractivity contribution >= 4 is 32.4 Å². The van der Waals surface area contributed by atoms with Gasteiger partial charge in [0.2, 0.25) is 15.0 Å². The molecular formula is C22H14N4O5S2. The highest BCUT2D eigenvalue weighted by Crippen LogP contribution is 2.24.